The zero-order valence-electron chi connectivity index (χ0n) is 22.3. The molecule has 0 saturated heterocycles. The van der Waals surface area contributed by atoms with Gasteiger partial charge in [-0.3, -0.25) is 4.79 Å². The molecule has 1 N–H and O–H groups in total. The molecule has 2 heteroatoms. The second-order valence-electron chi connectivity index (χ2n) is 14.1. The third kappa shape index (κ3) is 3.32. The Balaban J connectivity index is 1.62. The van der Waals surface area contributed by atoms with Crippen LogP contribution in [0.1, 0.15) is 120 Å². The molecule has 0 aliphatic heterocycles. The van der Waals surface area contributed by atoms with Gasteiger partial charge < -0.3 is 5.11 Å². The predicted octanol–water partition coefficient (Wildman–Crippen LogP) is 7.74. The van der Waals surface area contributed by atoms with Crippen molar-refractivity contribution in [3.63, 3.8) is 0 Å². The average Bonchev–Trinajstić information content (AvgIpc) is 3.04. The van der Waals surface area contributed by atoms with E-state index < -0.39 is 5.60 Å². The van der Waals surface area contributed by atoms with Gasteiger partial charge in [-0.2, -0.15) is 0 Å². The lowest BCUT2D eigenvalue weighted by atomic mass is 9.35. The molecule has 0 bridgehead atoms. The molecular formula is C30H50O2. The zero-order chi connectivity index (χ0) is 23.7. The molecule has 8 atom stereocenters. The minimum atomic E-state index is -0.572. The Morgan fingerprint density at radius 3 is 2.28 bits per heavy atom. The van der Waals surface area contributed by atoms with Gasteiger partial charge in [-0.05, 0) is 118 Å². The Bertz CT molecular complexity index is 787. The van der Waals surface area contributed by atoms with Gasteiger partial charge in [-0.15, -0.1) is 0 Å². The van der Waals surface area contributed by atoms with Crippen LogP contribution in [0.5, 0.6) is 0 Å². The van der Waals surface area contributed by atoms with Gasteiger partial charge in [0.2, 0.25) is 0 Å². The van der Waals surface area contributed by atoms with E-state index in [-0.39, 0.29) is 10.8 Å². The highest BCUT2D eigenvalue weighted by Crippen LogP contribution is 2.75. The van der Waals surface area contributed by atoms with Gasteiger partial charge in [-0.25, -0.2) is 0 Å². The van der Waals surface area contributed by atoms with Crippen molar-refractivity contribution in [1.82, 2.24) is 0 Å². The van der Waals surface area contributed by atoms with E-state index in [1.807, 2.05) is 0 Å². The Morgan fingerprint density at radius 1 is 0.969 bits per heavy atom. The van der Waals surface area contributed by atoms with E-state index in [2.05, 4.69) is 61.5 Å². The summed E-state index contributed by atoms with van der Waals surface area (Å²) in [5.74, 6) is 2.78. The largest absolute Gasteiger partial charge is 0.390 e. The smallest absolute Gasteiger partial charge is 0.138 e. The summed E-state index contributed by atoms with van der Waals surface area (Å²) in [4.78, 5) is 12.8. The number of ketones is 1. The topological polar surface area (TPSA) is 37.3 Å². The van der Waals surface area contributed by atoms with Crippen LogP contribution < -0.4 is 0 Å². The highest BCUT2D eigenvalue weighted by molar-refractivity contribution is 5.85. The summed E-state index contributed by atoms with van der Waals surface area (Å²) in [5.41, 5.74) is 1.52. The lowest BCUT2D eigenvalue weighted by Gasteiger charge is -2.69. The number of carbonyl (C=O) groups is 1. The molecule has 0 aromatic rings. The molecule has 4 rings (SSSR count). The van der Waals surface area contributed by atoms with Gasteiger partial charge >= 0.3 is 0 Å². The van der Waals surface area contributed by atoms with Crippen LogP contribution in [-0.2, 0) is 4.79 Å². The van der Waals surface area contributed by atoms with E-state index >= 15 is 0 Å². The molecule has 0 heterocycles. The molecule has 182 valence electrons. The van der Waals surface area contributed by atoms with Crippen LogP contribution in [0.2, 0.25) is 0 Å². The van der Waals surface area contributed by atoms with Gasteiger partial charge in [0.15, 0.2) is 0 Å². The SMILES string of the molecule is CC(C)=CCC[C@](C)(O)C1CC[C@]2(C)[C@@H]1CC[C@@H]1[C@@]3(C)CCC(=O)C(C)(C)C3CC[C@]12C. The molecule has 0 amide bonds. The first-order valence-electron chi connectivity index (χ1n) is 13.6. The van der Waals surface area contributed by atoms with E-state index in [1.165, 1.54) is 44.1 Å². The molecule has 4 aliphatic rings. The van der Waals surface area contributed by atoms with E-state index in [0.29, 0.717) is 40.3 Å². The first kappa shape index (κ1) is 24.5. The van der Waals surface area contributed by atoms with E-state index in [0.717, 1.165) is 25.7 Å². The summed E-state index contributed by atoms with van der Waals surface area (Å²) < 4.78 is 0. The summed E-state index contributed by atoms with van der Waals surface area (Å²) in [7, 11) is 0. The molecule has 32 heavy (non-hydrogen) atoms. The van der Waals surface area contributed by atoms with Crippen LogP contribution in [-0.4, -0.2) is 16.5 Å². The van der Waals surface area contributed by atoms with Crippen LogP contribution in [0.15, 0.2) is 11.6 Å². The summed E-state index contributed by atoms with van der Waals surface area (Å²) in [5, 5.41) is 11.6. The number of carbonyl (C=O) groups excluding carboxylic acids is 1. The second-order valence-corrected chi connectivity index (χ2v) is 14.1. The third-order valence-corrected chi connectivity index (χ3v) is 12.1. The van der Waals surface area contributed by atoms with Gasteiger partial charge in [0.1, 0.15) is 5.78 Å². The fraction of sp³-hybridized carbons (Fsp3) is 0.900. The quantitative estimate of drug-likeness (QED) is 0.452. The Labute approximate surface area is 198 Å². The maximum Gasteiger partial charge on any atom is 0.138 e. The number of fused-ring (bicyclic) bond motifs is 5. The first-order chi connectivity index (χ1) is 14.7. The molecule has 2 nitrogen and oxygen atoms in total. The van der Waals surface area contributed by atoms with Crippen LogP contribution in [0.4, 0.5) is 0 Å². The number of aliphatic hydroxyl groups is 1. The minimum absolute atomic E-state index is 0.168. The zero-order valence-corrected chi connectivity index (χ0v) is 22.3. The van der Waals surface area contributed by atoms with Crippen molar-refractivity contribution in [2.75, 3.05) is 0 Å². The summed E-state index contributed by atoms with van der Waals surface area (Å²) in [6, 6.07) is 0. The molecule has 4 aliphatic carbocycles. The van der Waals surface area contributed by atoms with Gasteiger partial charge in [0.25, 0.3) is 0 Å². The van der Waals surface area contributed by atoms with Crippen LogP contribution in [0.25, 0.3) is 0 Å². The number of hydrogen-bond donors (Lipinski definition) is 1. The molecule has 4 saturated carbocycles. The summed E-state index contributed by atoms with van der Waals surface area (Å²) in [6.45, 7) is 18.7. The first-order valence-corrected chi connectivity index (χ1v) is 13.6. The molecular weight excluding hydrogens is 392 g/mol. The van der Waals surface area contributed by atoms with Crippen LogP contribution in [0.3, 0.4) is 0 Å². The van der Waals surface area contributed by atoms with Crippen molar-refractivity contribution in [3.8, 4) is 0 Å². The lowest BCUT2D eigenvalue weighted by Crippen LogP contribution is -2.63. The van der Waals surface area contributed by atoms with Gasteiger partial charge in [-0.1, -0.05) is 46.3 Å². The number of rotatable bonds is 4. The lowest BCUT2D eigenvalue weighted by molar-refractivity contribution is -0.207. The van der Waals surface area contributed by atoms with Crippen molar-refractivity contribution in [2.45, 2.75) is 125 Å². The summed E-state index contributed by atoms with van der Waals surface area (Å²) >= 11 is 0. The monoisotopic (exact) mass is 442 g/mol. The van der Waals surface area contributed by atoms with Crippen LogP contribution >= 0.6 is 0 Å². The van der Waals surface area contributed by atoms with Gasteiger partial charge in [0.05, 0.1) is 5.60 Å². The number of allylic oxidation sites excluding steroid dienone is 2. The fourth-order valence-corrected chi connectivity index (χ4v) is 10.1. The molecule has 4 fully saturated rings. The molecule has 2 unspecified atom stereocenters. The molecule has 0 aromatic heterocycles. The van der Waals surface area contributed by atoms with Crippen molar-refractivity contribution in [3.05, 3.63) is 11.6 Å². The Kier molecular flexibility index (Phi) is 5.89. The van der Waals surface area contributed by atoms with E-state index in [9.17, 15) is 9.90 Å². The highest BCUT2D eigenvalue weighted by atomic mass is 16.3. The summed E-state index contributed by atoms with van der Waals surface area (Å²) in [6.07, 6.45) is 13.5. The normalized spacial score (nSPS) is 47.1. The van der Waals surface area contributed by atoms with E-state index in [4.69, 9.17) is 0 Å². The second kappa shape index (κ2) is 7.69. The van der Waals surface area contributed by atoms with Crippen molar-refractivity contribution >= 4 is 5.78 Å². The Hall–Kier alpha value is -0.630. The standard InChI is InChI=1S/C30H50O2/c1-20(2)10-9-16-30(8,32)22-13-18-28(6)21(22)11-12-24-27(5)17-15-25(31)26(3,4)23(27)14-19-29(24,28)7/h10,21-24,32H,9,11-19H2,1-8H3/t21-,22?,23?,24-,27+,28-,29-,30+/m1/s1. The van der Waals surface area contributed by atoms with Crippen LogP contribution in [0, 0.1) is 45.3 Å². The Morgan fingerprint density at radius 2 is 1.62 bits per heavy atom. The maximum absolute atomic E-state index is 12.8. The fourth-order valence-electron chi connectivity index (χ4n) is 10.1. The average molecular weight is 443 g/mol. The highest BCUT2D eigenvalue weighted by Gasteiger charge is 2.69. The number of hydrogen-bond acceptors (Lipinski definition) is 2. The van der Waals surface area contributed by atoms with Crippen molar-refractivity contribution < 1.29 is 9.90 Å². The maximum atomic E-state index is 12.8. The molecule has 0 spiro atoms. The minimum Gasteiger partial charge on any atom is -0.390 e. The number of Topliss-reactive ketones (excluding diaryl/α,β-unsaturated/α-hetero) is 1. The van der Waals surface area contributed by atoms with Crippen molar-refractivity contribution in [2.24, 2.45) is 45.3 Å². The van der Waals surface area contributed by atoms with Gasteiger partial charge in [0, 0.05) is 11.8 Å². The molecule has 0 aromatic carbocycles. The molecule has 0 radical (unpaired) electrons. The predicted molar refractivity (Wildman–Crippen MR) is 133 cm³/mol. The third-order valence-electron chi connectivity index (χ3n) is 12.1. The van der Waals surface area contributed by atoms with Crippen molar-refractivity contribution in [1.29, 1.82) is 0 Å². The van der Waals surface area contributed by atoms with E-state index in [1.54, 1.807) is 0 Å².